The van der Waals surface area contributed by atoms with Crippen LogP contribution in [0.4, 0.5) is 15.9 Å². The van der Waals surface area contributed by atoms with Crippen molar-refractivity contribution in [2.45, 2.75) is 19.4 Å². The minimum atomic E-state index is -1.28. The first kappa shape index (κ1) is 21.2. The van der Waals surface area contributed by atoms with Gasteiger partial charge in [0.05, 0.1) is 11.7 Å². The quantitative estimate of drug-likeness (QED) is 0.547. The lowest BCUT2D eigenvalue weighted by Gasteiger charge is -2.22. The Bertz CT molecular complexity index is 1410. The van der Waals surface area contributed by atoms with Crippen molar-refractivity contribution in [1.29, 1.82) is 5.26 Å². The lowest BCUT2D eigenvalue weighted by molar-refractivity contribution is 0.0691. The maximum Gasteiger partial charge on any atom is 0.356 e. The number of nitrogens with one attached hydrogen (secondary N) is 1. The van der Waals surface area contributed by atoms with E-state index in [9.17, 15) is 24.3 Å². The van der Waals surface area contributed by atoms with Gasteiger partial charge in [-0.25, -0.2) is 19.2 Å². The number of carboxylic acids is 1. The van der Waals surface area contributed by atoms with Crippen molar-refractivity contribution in [2.24, 2.45) is 11.8 Å². The van der Waals surface area contributed by atoms with Gasteiger partial charge in [0, 0.05) is 24.8 Å². The SMILES string of the molecule is C[C@@H](Nc1ccc(Cl)nc1C(=O)O)c1cc(F)cn2c(=O)c(C#N)c(N3CC4CC4C3)nc12. The first-order valence-electron chi connectivity index (χ1n) is 10.3. The van der Waals surface area contributed by atoms with E-state index in [1.807, 2.05) is 11.0 Å². The predicted molar refractivity (Wildman–Crippen MR) is 118 cm³/mol. The monoisotopic (exact) mass is 468 g/mol. The van der Waals surface area contributed by atoms with Gasteiger partial charge >= 0.3 is 5.97 Å². The Morgan fingerprint density at radius 1 is 1.36 bits per heavy atom. The van der Waals surface area contributed by atoms with E-state index in [1.54, 1.807) is 6.92 Å². The van der Waals surface area contributed by atoms with Crippen LogP contribution in [0, 0.1) is 29.0 Å². The summed E-state index contributed by atoms with van der Waals surface area (Å²) in [4.78, 5) is 35.1. The molecule has 1 saturated carbocycles. The van der Waals surface area contributed by atoms with Crippen LogP contribution in [0.5, 0.6) is 0 Å². The summed E-state index contributed by atoms with van der Waals surface area (Å²) in [5.74, 6) is -0.566. The number of aromatic carboxylic acids is 1. The Kier molecular flexibility index (Phi) is 4.94. The summed E-state index contributed by atoms with van der Waals surface area (Å²) >= 11 is 5.82. The van der Waals surface area contributed by atoms with Gasteiger partial charge in [0.25, 0.3) is 5.56 Å². The molecule has 168 valence electrons. The largest absolute Gasteiger partial charge is 0.476 e. The minimum Gasteiger partial charge on any atom is -0.476 e. The summed E-state index contributed by atoms with van der Waals surface area (Å²) < 4.78 is 15.5. The zero-order chi connectivity index (χ0) is 23.4. The molecule has 4 heterocycles. The van der Waals surface area contributed by atoms with Gasteiger partial charge in [-0.15, -0.1) is 0 Å². The summed E-state index contributed by atoms with van der Waals surface area (Å²) in [6, 6.07) is 5.42. The second-order valence-electron chi connectivity index (χ2n) is 8.40. The average molecular weight is 469 g/mol. The third-order valence-corrected chi connectivity index (χ3v) is 6.40. The van der Waals surface area contributed by atoms with Crippen molar-refractivity contribution < 1.29 is 14.3 Å². The number of nitrogens with zero attached hydrogens (tertiary/aromatic N) is 5. The van der Waals surface area contributed by atoms with Crippen molar-refractivity contribution in [3.63, 3.8) is 0 Å². The zero-order valence-corrected chi connectivity index (χ0v) is 18.2. The Morgan fingerprint density at radius 3 is 2.76 bits per heavy atom. The van der Waals surface area contributed by atoms with Gasteiger partial charge in [0.15, 0.2) is 17.1 Å². The molecule has 2 aliphatic rings. The van der Waals surface area contributed by atoms with Gasteiger partial charge in [-0.2, -0.15) is 5.26 Å². The van der Waals surface area contributed by atoms with E-state index in [4.69, 9.17) is 11.6 Å². The number of carboxylic acid groups (broad SMARTS) is 1. The zero-order valence-electron chi connectivity index (χ0n) is 17.4. The molecule has 0 amide bonds. The van der Waals surface area contributed by atoms with E-state index in [0.717, 1.165) is 30.1 Å². The Labute approximate surface area is 192 Å². The number of aromatic nitrogens is 3. The Hall–Kier alpha value is -3.71. The van der Waals surface area contributed by atoms with Crippen LogP contribution in [0.1, 0.15) is 41.0 Å². The maximum atomic E-state index is 14.5. The van der Waals surface area contributed by atoms with Crippen LogP contribution >= 0.6 is 11.6 Å². The number of nitriles is 1. The molecule has 0 bridgehead atoms. The first-order chi connectivity index (χ1) is 15.8. The van der Waals surface area contributed by atoms with Crippen molar-refractivity contribution in [2.75, 3.05) is 23.3 Å². The topological polar surface area (TPSA) is 124 Å². The summed E-state index contributed by atoms with van der Waals surface area (Å²) in [6.07, 6.45) is 2.14. The van der Waals surface area contributed by atoms with E-state index < -0.39 is 23.4 Å². The summed E-state index contributed by atoms with van der Waals surface area (Å²) in [5, 5.41) is 22.1. The molecule has 0 radical (unpaired) electrons. The number of anilines is 2. The van der Waals surface area contributed by atoms with Gasteiger partial charge in [-0.3, -0.25) is 9.20 Å². The molecule has 11 heteroatoms. The summed E-state index contributed by atoms with van der Waals surface area (Å²) in [7, 11) is 0. The number of carbonyl (C=O) groups is 1. The van der Waals surface area contributed by atoms with Gasteiger partial charge < -0.3 is 15.3 Å². The van der Waals surface area contributed by atoms with Gasteiger partial charge in [0.2, 0.25) is 0 Å². The van der Waals surface area contributed by atoms with Crippen LogP contribution in [0.25, 0.3) is 5.65 Å². The highest BCUT2D eigenvalue weighted by Crippen LogP contribution is 2.46. The molecule has 3 aromatic rings. The van der Waals surface area contributed by atoms with Crippen molar-refractivity contribution >= 4 is 34.7 Å². The predicted octanol–water partition coefficient (Wildman–Crippen LogP) is 3.08. The fourth-order valence-corrected chi connectivity index (χ4v) is 4.61. The molecule has 5 rings (SSSR count). The molecule has 0 spiro atoms. The number of halogens is 2. The normalized spacial score (nSPS) is 19.8. The van der Waals surface area contributed by atoms with Gasteiger partial charge in [0.1, 0.15) is 22.7 Å². The highest BCUT2D eigenvalue weighted by atomic mass is 35.5. The molecule has 3 aromatic heterocycles. The second-order valence-corrected chi connectivity index (χ2v) is 8.78. The van der Waals surface area contributed by atoms with Gasteiger partial charge in [-0.05, 0) is 43.4 Å². The average Bonchev–Trinajstić information content (AvgIpc) is 3.39. The lowest BCUT2D eigenvalue weighted by Crippen LogP contribution is -2.30. The number of hydrogen-bond acceptors (Lipinski definition) is 7. The van der Waals surface area contributed by atoms with E-state index in [2.05, 4.69) is 15.3 Å². The molecule has 2 N–H and O–H groups in total. The standard InChI is InChI=1S/C22H18ClFN6O3/c1-10(26-16-2-3-17(23)27-18(16)22(32)33)14-5-13(24)9-30-20(14)28-19(15(6-25)21(30)31)29-7-11-4-12(11)8-29/h2-3,5,9-12,26H,4,7-8H2,1H3,(H,32,33)/t10-,11?,12?/m1/s1. The molecule has 1 saturated heterocycles. The number of rotatable bonds is 5. The molecule has 33 heavy (non-hydrogen) atoms. The lowest BCUT2D eigenvalue weighted by atomic mass is 10.1. The summed E-state index contributed by atoms with van der Waals surface area (Å²) in [6.45, 7) is 3.14. The van der Waals surface area contributed by atoms with E-state index in [1.165, 1.54) is 18.2 Å². The number of fused-ring (bicyclic) bond motifs is 2. The highest BCUT2D eigenvalue weighted by molar-refractivity contribution is 6.29. The number of piperidine rings is 1. The summed E-state index contributed by atoms with van der Waals surface area (Å²) in [5.41, 5.74) is -0.365. The van der Waals surface area contributed by atoms with E-state index >= 15 is 0 Å². The van der Waals surface area contributed by atoms with Crippen LogP contribution in [0.2, 0.25) is 5.15 Å². The van der Waals surface area contributed by atoms with Crippen LogP contribution in [0.15, 0.2) is 29.2 Å². The molecule has 2 fully saturated rings. The van der Waals surface area contributed by atoms with Crippen molar-refractivity contribution in [3.8, 4) is 6.07 Å². The van der Waals surface area contributed by atoms with Crippen LogP contribution in [0.3, 0.4) is 0 Å². The molecule has 2 unspecified atom stereocenters. The molecule has 3 atom stereocenters. The van der Waals surface area contributed by atoms with Crippen LogP contribution < -0.4 is 15.8 Å². The second kappa shape index (κ2) is 7.71. The minimum absolute atomic E-state index is 0.0207. The third kappa shape index (κ3) is 3.64. The van der Waals surface area contributed by atoms with Crippen LogP contribution in [-0.2, 0) is 0 Å². The molecule has 1 aliphatic heterocycles. The Morgan fingerprint density at radius 2 is 2.09 bits per heavy atom. The molecular weight excluding hydrogens is 451 g/mol. The smallest absolute Gasteiger partial charge is 0.356 e. The van der Waals surface area contributed by atoms with E-state index in [-0.39, 0.29) is 27.7 Å². The molecule has 0 aromatic carbocycles. The highest BCUT2D eigenvalue weighted by Gasteiger charge is 2.46. The van der Waals surface area contributed by atoms with Crippen molar-refractivity contribution in [3.05, 3.63) is 62.5 Å². The Balaban J connectivity index is 1.62. The van der Waals surface area contributed by atoms with E-state index in [0.29, 0.717) is 23.2 Å². The first-order valence-corrected chi connectivity index (χ1v) is 10.7. The molecular formula is C22H18ClFN6O3. The molecule has 1 aliphatic carbocycles. The fourth-order valence-electron chi connectivity index (χ4n) is 4.46. The maximum absolute atomic E-state index is 14.5. The van der Waals surface area contributed by atoms with Crippen LogP contribution in [-0.4, -0.2) is 38.5 Å². The van der Waals surface area contributed by atoms with Crippen molar-refractivity contribution in [1.82, 2.24) is 14.4 Å². The third-order valence-electron chi connectivity index (χ3n) is 6.19. The molecule has 9 nitrogen and oxygen atoms in total. The van der Waals surface area contributed by atoms with Gasteiger partial charge in [-0.1, -0.05) is 11.6 Å². The number of pyridine rings is 2. The fraction of sp³-hybridized carbons (Fsp3) is 0.318. The number of hydrogen-bond donors (Lipinski definition) is 2.